The lowest BCUT2D eigenvalue weighted by molar-refractivity contribution is 0.209. The predicted molar refractivity (Wildman–Crippen MR) is 83.0 cm³/mol. The molecular weight excluding hydrogens is 266 g/mol. The van der Waals surface area contributed by atoms with Gasteiger partial charge in [-0.05, 0) is 25.0 Å². The first-order valence-corrected chi connectivity index (χ1v) is 7.80. The van der Waals surface area contributed by atoms with Crippen LogP contribution in [0.25, 0.3) is 0 Å². The molecule has 0 spiro atoms. The van der Waals surface area contributed by atoms with Crippen LogP contribution in [0.2, 0.25) is 0 Å². The van der Waals surface area contributed by atoms with Gasteiger partial charge in [0.25, 0.3) is 0 Å². The zero-order valence-electron chi connectivity index (χ0n) is 13.2. The van der Waals surface area contributed by atoms with Crippen molar-refractivity contribution in [1.29, 1.82) is 0 Å². The Bertz CT molecular complexity index is 443. The largest absolute Gasteiger partial charge is 0.380 e. The molecule has 1 aromatic heterocycles. The SMILES string of the molecule is CCCNCc1cn(CCN2CC=C(COC)CC2)nn1. The normalized spacial score (nSPS) is 16.2. The van der Waals surface area contributed by atoms with Crippen LogP contribution in [-0.2, 0) is 17.8 Å². The van der Waals surface area contributed by atoms with Crippen molar-refractivity contribution in [2.75, 3.05) is 39.9 Å². The number of aromatic nitrogens is 3. The summed E-state index contributed by atoms with van der Waals surface area (Å²) in [6.45, 7) is 8.79. The minimum atomic E-state index is 0.769. The Labute approximate surface area is 127 Å². The van der Waals surface area contributed by atoms with E-state index in [-0.39, 0.29) is 0 Å². The quantitative estimate of drug-likeness (QED) is 0.545. The minimum absolute atomic E-state index is 0.769. The van der Waals surface area contributed by atoms with Crippen molar-refractivity contribution in [1.82, 2.24) is 25.2 Å². The van der Waals surface area contributed by atoms with Gasteiger partial charge in [-0.15, -0.1) is 5.10 Å². The number of hydrogen-bond acceptors (Lipinski definition) is 5. The number of ether oxygens (including phenoxy) is 1. The average molecular weight is 293 g/mol. The molecule has 1 N–H and O–H groups in total. The molecule has 0 atom stereocenters. The lowest BCUT2D eigenvalue weighted by Gasteiger charge is -2.25. The van der Waals surface area contributed by atoms with Gasteiger partial charge in [-0.2, -0.15) is 0 Å². The highest BCUT2D eigenvalue weighted by atomic mass is 16.5. The first kappa shape index (κ1) is 16.1. The van der Waals surface area contributed by atoms with Crippen LogP contribution in [0.15, 0.2) is 17.8 Å². The molecule has 0 radical (unpaired) electrons. The third kappa shape index (κ3) is 5.57. The van der Waals surface area contributed by atoms with E-state index >= 15 is 0 Å². The van der Waals surface area contributed by atoms with Crippen LogP contribution in [0.3, 0.4) is 0 Å². The molecule has 21 heavy (non-hydrogen) atoms. The molecule has 0 bridgehead atoms. The summed E-state index contributed by atoms with van der Waals surface area (Å²) in [5, 5.41) is 11.7. The van der Waals surface area contributed by atoms with E-state index in [0.29, 0.717) is 0 Å². The van der Waals surface area contributed by atoms with Gasteiger partial charge in [0, 0.05) is 39.5 Å². The summed E-state index contributed by atoms with van der Waals surface area (Å²) in [6, 6.07) is 0. The summed E-state index contributed by atoms with van der Waals surface area (Å²) < 4.78 is 7.12. The molecule has 6 nitrogen and oxygen atoms in total. The molecule has 0 amide bonds. The summed E-state index contributed by atoms with van der Waals surface area (Å²) in [6.07, 6.45) is 6.58. The van der Waals surface area contributed by atoms with Gasteiger partial charge in [0.1, 0.15) is 0 Å². The van der Waals surface area contributed by atoms with E-state index in [1.54, 1.807) is 7.11 Å². The van der Waals surface area contributed by atoms with Gasteiger partial charge in [0.05, 0.1) is 18.8 Å². The molecule has 0 saturated carbocycles. The van der Waals surface area contributed by atoms with Crippen molar-refractivity contribution in [3.63, 3.8) is 0 Å². The fourth-order valence-electron chi connectivity index (χ4n) is 2.44. The Morgan fingerprint density at radius 3 is 3.00 bits per heavy atom. The van der Waals surface area contributed by atoms with Crippen molar-refractivity contribution < 1.29 is 4.74 Å². The maximum Gasteiger partial charge on any atom is 0.0964 e. The highest BCUT2D eigenvalue weighted by molar-refractivity contribution is 5.07. The minimum Gasteiger partial charge on any atom is -0.380 e. The van der Waals surface area contributed by atoms with Crippen LogP contribution in [0.1, 0.15) is 25.5 Å². The molecule has 1 aromatic rings. The Balaban J connectivity index is 1.69. The van der Waals surface area contributed by atoms with E-state index in [1.165, 1.54) is 5.57 Å². The highest BCUT2D eigenvalue weighted by Crippen LogP contribution is 2.10. The van der Waals surface area contributed by atoms with Crippen LogP contribution in [0.4, 0.5) is 0 Å². The molecule has 0 aromatic carbocycles. The van der Waals surface area contributed by atoms with Crippen molar-refractivity contribution in [3.05, 3.63) is 23.5 Å². The van der Waals surface area contributed by atoms with E-state index < -0.39 is 0 Å². The highest BCUT2D eigenvalue weighted by Gasteiger charge is 2.11. The maximum atomic E-state index is 5.17. The summed E-state index contributed by atoms with van der Waals surface area (Å²) >= 11 is 0. The van der Waals surface area contributed by atoms with Crippen LogP contribution in [0, 0.1) is 0 Å². The second-order valence-corrected chi connectivity index (χ2v) is 5.50. The van der Waals surface area contributed by atoms with E-state index in [4.69, 9.17) is 4.74 Å². The Kier molecular flexibility index (Phi) is 6.85. The van der Waals surface area contributed by atoms with Gasteiger partial charge < -0.3 is 10.1 Å². The van der Waals surface area contributed by atoms with Crippen LogP contribution in [0.5, 0.6) is 0 Å². The van der Waals surface area contributed by atoms with E-state index in [2.05, 4.69) is 33.5 Å². The van der Waals surface area contributed by atoms with Crippen LogP contribution >= 0.6 is 0 Å². The molecule has 2 rings (SSSR count). The maximum absolute atomic E-state index is 5.17. The van der Waals surface area contributed by atoms with Gasteiger partial charge in [-0.25, -0.2) is 0 Å². The third-order valence-corrected chi connectivity index (χ3v) is 3.68. The topological polar surface area (TPSA) is 55.2 Å². The van der Waals surface area contributed by atoms with Crippen molar-refractivity contribution in [2.24, 2.45) is 0 Å². The van der Waals surface area contributed by atoms with Gasteiger partial charge in [-0.1, -0.05) is 18.2 Å². The lowest BCUT2D eigenvalue weighted by atomic mass is 10.1. The van der Waals surface area contributed by atoms with Gasteiger partial charge in [-0.3, -0.25) is 9.58 Å². The molecular formula is C15H27N5O. The number of nitrogens with one attached hydrogen (secondary N) is 1. The van der Waals surface area contributed by atoms with Gasteiger partial charge in [0.2, 0.25) is 0 Å². The Morgan fingerprint density at radius 2 is 2.29 bits per heavy atom. The number of methoxy groups -OCH3 is 1. The Hall–Kier alpha value is -1.24. The summed E-state index contributed by atoms with van der Waals surface area (Å²) in [5.74, 6) is 0. The standard InChI is InChI=1S/C15H27N5O/c1-3-6-16-11-15-12-20(18-17-15)10-9-19-7-4-14(5-8-19)13-21-2/h4,12,16H,3,5-11,13H2,1-2H3. The molecule has 1 aliphatic rings. The Morgan fingerprint density at radius 1 is 1.38 bits per heavy atom. The molecule has 1 aliphatic heterocycles. The van der Waals surface area contributed by atoms with Crippen molar-refractivity contribution in [2.45, 2.75) is 32.9 Å². The van der Waals surface area contributed by atoms with Crippen LogP contribution < -0.4 is 5.32 Å². The zero-order valence-corrected chi connectivity index (χ0v) is 13.2. The molecule has 118 valence electrons. The van der Waals surface area contributed by atoms with E-state index in [0.717, 1.165) is 64.4 Å². The summed E-state index contributed by atoms with van der Waals surface area (Å²) in [5.41, 5.74) is 2.43. The van der Waals surface area contributed by atoms with Gasteiger partial charge in [0.15, 0.2) is 0 Å². The van der Waals surface area contributed by atoms with E-state index in [9.17, 15) is 0 Å². The fraction of sp³-hybridized carbons (Fsp3) is 0.733. The smallest absolute Gasteiger partial charge is 0.0964 e. The molecule has 6 heteroatoms. The first-order chi connectivity index (χ1) is 10.3. The predicted octanol–water partition coefficient (Wildman–Crippen LogP) is 1.06. The number of nitrogens with zero attached hydrogens (tertiary/aromatic N) is 4. The number of rotatable bonds is 9. The molecule has 0 unspecified atom stereocenters. The number of hydrogen-bond donors (Lipinski definition) is 1. The van der Waals surface area contributed by atoms with E-state index in [1.807, 2.05) is 10.9 Å². The van der Waals surface area contributed by atoms with Crippen molar-refractivity contribution in [3.8, 4) is 0 Å². The molecule has 0 aliphatic carbocycles. The molecule has 0 saturated heterocycles. The third-order valence-electron chi connectivity index (χ3n) is 3.68. The fourth-order valence-corrected chi connectivity index (χ4v) is 2.44. The van der Waals surface area contributed by atoms with Crippen LogP contribution in [-0.4, -0.2) is 59.8 Å². The lowest BCUT2D eigenvalue weighted by Crippen LogP contribution is -2.32. The summed E-state index contributed by atoms with van der Waals surface area (Å²) in [4.78, 5) is 2.44. The molecule has 0 fully saturated rings. The zero-order chi connectivity index (χ0) is 14.9. The molecule has 2 heterocycles. The second kappa shape index (κ2) is 8.92. The second-order valence-electron chi connectivity index (χ2n) is 5.50. The van der Waals surface area contributed by atoms with Gasteiger partial charge >= 0.3 is 0 Å². The summed E-state index contributed by atoms with van der Waals surface area (Å²) in [7, 11) is 1.75. The average Bonchev–Trinajstić information content (AvgIpc) is 2.95. The monoisotopic (exact) mass is 293 g/mol. The first-order valence-electron chi connectivity index (χ1n) is 7.80. The van der Waals surface area contributed by atoms with Crippen molar-refractivity contribution >= 4 is 0 Å².